The van der Waals surface area contributed by atoms with Gasteiger partial charge in [0.1, 0.15) is 0 Å². The first-order valence-electron chi connectivity index (χ1n) is 6.02. The lowest BCUT2D eigenvalue weighted by atomic mass is 10.1. The zero-order chi connectivity index (χ0) is 11.7. The summed E-state index contributed by atoms with van der Waals surface area (Å²) in [5.41, 5.74) is 0. The van der Waals surface area contributed by atoms with Crippen LogP contribution in [0.1, 0.15) is 46.0 Å². The monoisotopic (exact) mass is 213 g/mol. The molecule has 0 saturated heterocycles. The first kappa shape index (κ1) is 14.3. The molecule has 0 spiro atoms. The molecule has 0 bridgehead atoms. The molecule has 0 aromatic rings. The van der Waals surface area contributed by atoms with Gasteiger partial charge in [-0.2, -0.15) is 0 Å². The van der Waals surface area contributed by atoms with Gasteiger partial charge in [0.25, 0.3) is 0 Å². The van der Waals surface area contributed by atoms with E-state index in [9.17, 15) is 0 Å². The fourth-order valence-electron chi connectivity index (χ4n) is 1.56. The van der Waals surface area contributed by atoms with E-state index in [1.165, 1.54) is 32.1 Å². The van der Waals surface area contributed by atoms with Crippen molar-refractivity contribution in [3.05, 3.63) is 0 Å². The third kappa shape index (κ3) is 7.23. The van der Waals surface area contributed by atoms with E-state index >= 15 is 0 Å². The molecular weight excluding hydrogens is 186 g/mol. The van der Waals surface area contributed by atoms with Gasteiger partial charge < -0.3 is 10.2 Å². The molecule has 0 saturated carbocycles. The van der Waals surface area contributed by atoms with E-state index < -0.39 is 0 Å². The lowest BCUT2D eigenvalue weighted by Crippen LogP contribution is -2.41. The smallest absolute Gasteiger partial charge is 0.193 e. The van der Waals surface area contributed by atoms with Crippen molar-refractivity contribution in [2.75, 3.05) is 21.1 Å². The van der Waals surface area contributed by atoms with Crippen LogP contribution in [0.25, 0.3) is 0 Å². The topological polar surface area (TPSA) is 27.6 Å². The molecule has 0 rings (SSSR count). The summed E-state index contributed by atoms with van der Waals surface area (Å²) in [6.07, 6.45) is 6.55. The van der Waals surface area contributed by atoms with Gasteiger partial charge in [0.2, 0.25) is 0 Å². The Kier molecular flexibility index (Phi) is 8.15. The lowest BCUT2D eigenvalue weighted by Gasteiger charge is -2.21. The molecular formula is C12H27N3. The third-order valence-corrected chi connectivity index (χ3v) is 2.50. The van der Waals surface area contributed by atoms with E-state index in [2.05, 4.69) is 24.2 Å². The van der Waals surface area contributed by atoms with E-state index in [4.69, 9.17) is 0 Å². The molecule has 0 heterocycles. The van der Waals surface area contributed by atoms with E-state index in [1.54, 1.807) is 0 Å². The number of nitrogens with zero attached hydrogens (tertiary/aromatic N) is 2. The molecule has 0 radical (unpaired) electrons. The molecule has 0 aliphatic carbocycles. The maximum atomic E-state index is 4.20. The summed E-state index contributed by atoms with van der Waals surface area (Å²) in [7, 11) is 5.85. The summed E-state index contributed by atoms with van der Waals surface area (Å²) in [4.78, 5) is 6.22. The minimum atomic E-state index is 0.517. The highest BCUT2D eigenvalue weighted by Gasteiger charge is 2.05. The fourth-order valence-corrected chi connectivity index (χ4v) is 1.56. The minimum Gasteiger partial charge on any atom is -0.354 e. The molecule has 0 aliphatic rings. The minimum absolute atomic E-state index is 0.517. The van der Waals surface area contributed by atoms with Crippen LogP contribution in [-0.4, -0.2) is 38.0 Å². The Morgan fingerprint density at radius 1 is 1.27 bits per heavy atom. The number of nitrogens with one attached hydrogen (secondary N) is 1. The van der Waals surface area contributed by atoms with Crippen LogP contribution in [0.15, 0.2) is 4.99 Å². The maximum absolute atomic E-state index is 4.20. The van der Waals surface area contributed by atoms with Gasteiger partial charge in [-0.05, 0) is 13.3 Å². The Morgan fingerprint density at radius 2 is 1.93 bits per heavy atom. The van der Waals surface area contributed by atoms with E-state index in [0.29, 0.717) is 6.04 Å². The average Bonchev–Trinajstić information content (AvgIpc) is 2.20. The normalized spacial score (nSPS) is 13.8. The van der Waals surface area contributed by atoms with Crippen molar-refractivity contribution in [3.63, 3.8) is 0 Å². The standard InChI is InChI=1S/C12H27N3/c1-6-7-8-9-10-11(2)14-12(13-3)15(4)5/h11H,6-10H2,1-5H3,(H,13,14). The number of guanidine groups is 1. The SMILES string of the molecule is CCCCCCC(C)NC(=NC)N(C)C. The van der Waals surface area contributed by atoms with Crippen LogP contribution in [0, 0.1) is 0 Å². The van der Waals surface area contributed by atoms with Gasteiger partial charge in [-0.15, -0.1) is 0 Å². The Labute approximate surface area is 95.0 Å². The second kappa shape index (κ2) is 8.57. The van der Waals surface area contributed by atoms with Crippen molar-refractivity contribution in [2.45, 2.75) is 52.0 Å². The highest BCUT2D eigenvalue weighted by molar-refractivity contribution is 5.79. The molecule has 3 heteroatoms. The second-order valence-electron chi connectivity index (χ2n) is 4.34. The van der Waals surface area contributed by atoms with Crippen LogP contribution < -0.4 is 5.32 Å². The largest absolute Gasteiger partial charge is 0.354 e. The average molecular weight is 213 g/mol. The number of hydrogen-bond acceptors (Lipinski definition) is 1. The Bertz CT molecular complexity index is 176. The molecule has 3 nitrogen and oxygen atoms in total. The molecule has 1 N–H and O–H groups in total. The molecule has 1 unspecified atom stereocenters. The predicted molar refractivity (Wildman–Crippen MR) is 68.4 cm³/mol. The van der Waals surface area contributed by atoms with Crippen molar-refractivity contribution >= 4 is 5.96 Å². The highest BCUT2D eigenvalue weighted by Crippen LogP contribution is 2.05. The maximum Gasteiger partial charge on any atom is 0.193 e. The predicted octanol–water partition coefficient (Wildman–Crippen LogP) is 2.48. The van der Waals surface area contributed by atoms with Crippen molar-refractivity contribution in [3.8, 4) is 0 Å². The number of aliphatic imine (C=N–C) groups is 1. The number of unbranched alkanes of at least 4 members (excludes halogenated alkanes) is 3. The van der Waals surface area contributed by atoms with Gasteiger partial charge in [-0.3, -0.25) is 4.99 Å². The molecule has 90 valence electrons. The molecule has 0 aromatic carbocycles. The van der Waals surface area contributed by atoms with E-state index in [-0.39, 0.29) is 0 Å². The van der Waals surface area contributed by atoms with Crippen molar-refractivity contribution in [2.24, 2.45) is 4.99 Å². The zero-order valence-electron chi connectivity index (χ0n) is 11.0. The summed E-state index contributed by atoms with van der Waals surface area (Å²) in [5, 5.41) is 3.42. The van der Waals surface area contributed by atoms with Gasteiger partial charge in [-0.1, -0.05) is 32.6 Å². The molecule has 0 amide bonds. The summed E-state index contributed by atoms with van der Waals surface area (Å²) >= 11 is 0. The van der Waals surface area contributed by atoms with Gasteiger partial charge in [0, 0.05) is 27.2 Å². The molecule has 0 aromatic heterocycles. The van der Waals surface area contributed by atoms with Gasteiger partial charge in [0.05, 0.1) is 0 Å². The first-order chi connectivity index (χ1) is 7.11. The quantitative estimate of drug-likeness (QED) is 0.417. The zero-order valence-corrected chi connectivity index (χ0v) is 11.0. The van der Waals surface area contributed by atoms with E-state index in [0.717, 1.165) is 5.96 Å². The fraction of sp³-hybridized carbons (Fsp3) is 0.917. The summed E-state index contributed by atoms with van der Waals surface area (Å²) in [6.45, 7) is 4.47. The summed E-state index contributed by atoms with van der Waals surface area (Å²) in [5.74, 6) is 0.970. The number of rotatable bonds is 6. The van der Waals surface area contributed by atoms with Crippen molar-refractivity contribution < 1.29 is 0 Å². The number of hydrogen-bond donors (Lipinski definition) is 1. The molecule has 1 atom stereocenters. The van der Waals surface area contributed by atoms with Crippen LogP contribution >= 0.6 is 0 Å². The van der Waals surface area contributed by atoms with Gasteiger partial charge >= 0.3 is 0 Å². The lowest BCUT2D eigenvalue weighted by molar-refractivity contribution is 0.505. The van der Waals surface area contributed by atoms with Crippen LogP contribution in [0.2, 0.25) is 0 Å². The second-order valence-corrected chi connectivity index (χ2v) is 4.34. The van der Waals surface area contributed by atoms with Crippen LogP contribution in [0.3, 0.4) is 0 Å². The Morgan fingerprint density at radius 3 is 2.40 bits per heavy atom. The molecule has 0 fully saturated rings. The summed E-state index contributed by atoms with van der Waals surface area (Å²) < 4.78 is 0. The Hall–Kier alpha value is -0.730. The van der Waals surface area contributed by atoms with Crippen LogP contribution in [0.4, 0.5) is 0 Å². The van der Waals surface area contributed by atoms with Crippen LogP contribution in [-0.2, 0) is 0 Å². The van der Waals surface area contributed by atoms with Crippen LogP contribution in [0.5, 0.6) is 0 Å². The van der Waals surface area contributed by atoms with Gasteiger partial charge in [0.15, 0.2) is 5.96 Å². The van der Waals surface area contributed by atoms with E-state index in [1.807, 2.05) is 26.0 Å². The van der Waals surface area contributed by atoms with Crippen molar-refractivity contribution in [1.29, 1.82) is 0 Å². The molecule has 0 aliphatic heterocycles. The third-order valence-electron chi connectivity index (χ3n) is 2.50. The molecule has 15 heavy (non-hydrogen) atoms. The van der Waals surface area contributed by atoms with Crippen molar-refractivity contribution in [1.82, 2.24) is 10.2 Å². The first-order valence-corrected chi connectivity index (χ1v) is 6.02. The summed E-state index contributed by atoms with van der Waals surface area (Å²) in [6, 6.07) is 0.517. The highest BCUT2D eigenvalue weighted by atomic mass is 15.3. The van der Waals surface area contributed by atoms with Gasteiger partial charge in [-0.25, -0.2) is 0 Å². The Balaban J connectivity index is 3.67.